The highest BCUT2D eigenvalue weighted by atomic mass is 32.1. The Labute approximate surface area is 90.8 Å². The number of hydrogen-bond donors (Lipinski definition) is 1. The number of thiol groups is 1. The minimum Gasteiger partial charge on any atom is -0.151 e. The van der Waals surface area contributed by atoms with Gasteiger partial charge >= 0.3 is 0 Å². The molecule has 2 rings (SSSR count). The van der Waals surface area contributed by atoms with Gasteiger partial charge in [-0.25, -0.2) is 0 Å². The molecule has 1 aromatic rings. The van der Waals surface area contributed by atoms with Crippen molar-refractivity contribution < 1.29 is 0 Å². The standard InChI is InChI=1S/C13H14S/c1-3-10-12-7-5-4-6-11(12)9(2)13(10)8-14/h3-9,14H,1-2H3/b10-3?,13-8-. The molecule has 14 heavy (non-hydrogen) atoms. The summed E-state index contributed by atoms with van der Waals surface area (Å²) in [5.74, 6) is 0.481. The third-order valence-electron chi connectivity index (χ3n) is 2.92. The Morgan fingerprint density at radius 3 is 2.64 bits per heavy atom. The number of rotatable bonds is 0. The molecular formula is C13H14S. The summed E-state index contributed by atoms with van der Waals surface area (Å²) in [7, 11) is 0. The fourth-order valence-corrected chi connectivity index (χ4v) is 2.54. The van der Waals surface area contributed by atoms with Crippen LogP contribution >= 0.6 is 12.6 Å². The van der Waals surface area contributed by atoms with Gasteiger partial charge in [-0.3, -0.25) is 0 Å². The molecule has 0 N–H and O–H groups in total. The van der Waals surface area contributed by atoms with Crippen molar-refractivity contribution in [3.8, 4) is 0 Å². The molecule has 0 heterocycles. The molecule has 0 nitrogen and oxygen atoms in total. The lowest BCUT2D eigenvalue weighted by Gasteiger charge is -2.04. The van der Waals surface area contributed by atoms with Crippen LogP contribution in [0.5, 0.6) is 0 Å². The molecule has 0 fully saturated rings. The zero-order valence-corrected chi connectivity index (χ0v) is 9.38. The number of allylic oxidation sites excluding steroid dienone is 3. The third kappa shape index (κ3) is 1.24. The monoisotopic (exact) mass is 202 g/mol. The zero-order valence-electron chi connectivity index (χ0n) is 8.49. The molecule has 0 aromatic heterocycles. The minimum atomic E-state index is 0.481. The van der Waals surface area contributed by atoms with Crippen molar-refractivity contribution in [3.05, 3.63) is 52.4 Å². The Kier molecular flexibility index (Phi) is 2.51. The van der Waals surface area contributed by atoms with E-state index in [1.54, 1.807) is 0 Å². The summed E-state index contributed by atoms with van der Waals surface area (Å²) in [5.41, 5.74) is 5.45. The van der Waals surface area contributed by atoms with E-state index in [1.165, 1.54) is 22.3 Å². The van der Waals surface area contributed by atoms with Gasteiger partial charge in [0.15, 0.2) is 0 Å². The molecule has 72 valence electrons. The van der Waals surface area contributed by atoms with Crippen LogP contribution in [0.4, 0.5) is 0 Å². The summed E-state index contributed by atoms with van der Waals surface area (Å²) in [5, 5.41) is 1.93. The van der Waals surface area contributed by atoms with Crippen molar-refractivity contribution in [2.45, 2.75) is 19.8 Å². The first kappa shape index (κ1) is 9.60. The quantitative estimate of drug-likeness (QED) is 0.603. The van der Waals surface area contributed by atoms with Gasteiger partial charge in [0.2, 0.25) is 0 Å². The molecule has 0 spiro atoms. The van der Waals surface area contributed by atoms with Crippen molar-refractivity contribution in [1.82, 2.24) is 0 Å². The summed E-state index contributed by atoms with van der Waals surface area (Å²) in [4.78, 5) is 0. The molecule has 0 saturated carbocycles. The number of fused-ring (bicyclic) bond motifs is 1. The lowest BCUT2D eigenvalue weighted by Crippen LogP contribution is -1.87. The van der Waals surface area contributed by atoms with Crippen LogP contribution in [-0.2, 0) is 0 Å². The summed E-state index contributed by atoms with van der Waals surface area (Å²) in [6.07, 6.45) is 2.17. The maximum atomic E-state index is 4.29. The van der Waals surface area contributed by atoms with Gasteiger partial charge in [0, 0.05) is 5.92 Å². The molecule has 1 aromatic carbocycles. The van der Waals surface area contributed by atoms with Crippen LogP contribution in [-0.4, -0.2) is 0 Å². The third-order valence-corrected chi connectivity index (χ3v) is 3.20. The first-order chi connectivity index (χ1) is 6.79. The molecule has 1 aliphatic rings. The zero-order chi connectivity index (χ0) is 10.1. The molecule has 0 radical (unpaired) electrons. The maximum absolute atomic E-state index is 4.29. The van der Waals surface area contributed by atoms with E-state index in [4.69, 9.17) is 0 Å². The van der Waals surface area contributed by atoms with Crippen molar-refractivity contribution >= 4 is 18.2 Å². The van der Waals surface area contributed by atoms with Gasteiger partial charge in [0.25, 0.3) is 0 Å². The summed E-state index contributed by atoms with van der Waals surface area (Å²) in [6, 6.07) is 8.58. The molecule has 0 amide bonds. The SMILES string of the molecule is CC=C1/C(=C\S)C(C)c2ccccc21. The van der Waals surface area contributed by atoms with Crippen LogP contribution in [0.2, 0.25) is 0 Å². The average Bonchev–Trinajstić information content (AvgIpc) is 2.51. The topological polar surface area (TPSA) is 0 Å². The fraction of sp³-hybridized carbons (Fsp3) is 0.231. The first-order valence-electron chi connectivity index (χ1n) is 4.89. The highest BCUT2D eigenvalue weighted by molar-refractivity contribution is 7.83. The average molecular weight is 202 g/mol. The molecule has 0 saturated heterocycles. The van der Waals surface area contributed by atoms with Crippen molar-refractivity contribution in [2.75, 3.05) is 0 Å². The molecular weight excluding hydrogens is 188 g/mol. The van der Waals surface area contributed by atoms with Crippen molar-refractivity contribution in [2.24, 2.45) is 0 Å². The van der Waals surface area contributed by atoms with Gasteiger partial charge in [0.05, 0.1) is 0 Å². The molecule has 0 bridgehead atoms. The predicted octanol–water partition coefficient (Wildman–Crippen LogP) is 4.02. The van der Waals surface area contributed by atoms with E-state index in [0.29, 0.717) is 5.92 Å². The Balaban J connectivity index is 2.67. The van der Waals surface area contributed by atoms with E-state index in [-0.39, 0.29) is 0 Å². The van der Waals surface area contributed by atoms with Crippen LogP contribution in [0.15, 0.2) is 41.3 Å². The molecule has 1 aliphatic carbocycles. The fourth-order valence-electron chi connectivity index (χ4n) is 2.18. The second-order valence-electron chi connectivity index (χ2n) is 3.60. The van der Waals surface area contributed by atoms with E-state index >= 15 is 0 Å². The molecule has 1 unspecified atom stereocenters. The lowest BCUT2D eigenvalue weighted by atomic mass is 10.0. The normalized spacial score (nSPS) is 25.8. The van der Waals surface area contributed by atoms with E-state index in [9.17, 15) is 0 Å². The Morgan fingerprint density at radius 2 is 2.00 bits per heavy atom. The second kappa shape index (κ2) is 3.66. The van der Waals surface area contributed by atoms with Crippen molar-refractivity contribution in [1.29, 1.82) is 0 Å². The number of benzene rings is 1. The highest BCUT2D eigenvalue weighted by Gasteiger charge is 2.26. The van der Waals surface area contributed by atoms with Gasteiger partial charge in [-0.05, 0) is 34.6 Å². The van der Waals surface area contributed by atoms with E-state index in [1.807, 2.05) is 5.41 Å². The molecule has 1 atom stereocenters. The summed E-state index contributed by atoms with van der Waals surface area (Å²) < 4.78 is 0. The maximum Gasteiger partial charge on any atom is 0.00781 e. The number of hydrogen-bond acceptors (Lipinski definition) is 1. The van der Waals surface area contributed by atoms with Crippen molar-refractivity contribution in [3.63, 3.8) is 0 Å². The van der Waals surface area contributed by atoms with Gasteiger partial charge in [-0.15, -0.1) is 0 Å². The lowest BCUT2D eigenvalue weighted by molar-refractivity contribution is 0.961. The molecule has 0 aliphatic heterocycles. The van der Waals surface area contributed by atoms with Crippen LogP contribution in [0.25, 0.3) is 5.57 Å². The second-order valence-corrected chi connectivity index (χ2v) is 3.85. The largest absolute Gasteiger partial charge is 0.151 e. The first-order valence-corrected chi connectivity index (χ1v) is 5.41. The summed E-state index contributed by atoms with van der Waals surface area (Å²) in [6.45, 7) is 4.32. The highest BCUT2D eigenvalue weighted by Crippen LogP contribution is 2.45. The minimum absolute atomic E-state index is 0.481. The molecule has 1 heteroatoms. The van der Waals surface area contributed by atoms with Crippen LogP contribution in [0.3, 0.4) is 0 Å². The van der Waals surface area contributed by atoms with E-state index < -0.39 is 0 Å². The predicted molar refractivity (Wildman–Crippen MR) is 65.6 cm³/mol. The van der Waals surface area contributed by atoms with Gasteiger partial charge in [-0.2, -0.15) is 12.6 Å². The van der Waals surface area contributed by atoms with Crippen LogP contribution < -0.4 is 0 Å². The summed E-state index contributed by atoms with van der Waals surface area (Å²) >= 11 is 4.29. The smallest absolute Gasteiger partial charge is 0.00781 e. The van der Waals surface area contributed by atoms with Gasteiger partial charge in [-0.1, -0.05) is 37.3 Å². The van der Waals surface area contributed by atoms with Gasteiger partial charge < -0.3 is 0 Å². The van der Waals surface area contributed by atoms with Crippen LogP contribution in [0.1, 0.15) is 30.9 Å². The van der Waals surface area contributed by atoms with Crippen LogP contribution in [0, 0.1) is 0 Å². The van der Waals surface area contributed by atoms with Gasteiger partial charge in [0.1, 0.15) is 0 Å². The van der Waals surface area contributed by atoms with E-state index in [2.05, 4.69) is 56.8 Å². The Bertz CT molecular complexity index is 413. The Morgan fingerprint density at radius 1 is 1.29 bits per heavy atom. The van der Waals surface area contributed by atoms with E-state index in [0.717, 1.165) is 0 Å². The Hall–Kier alpha value is -0.950.